The number of rotatable bonds is 6. The smallest absolute Gasteiger partial charge is 0.266 e. The number of benzene rings is 2. The summed E-state index contributed by atoms with van der Waals surface area (Å²) in [5.74, 6) is 1.32. The van der Waals surface area contributed by atoms with Gasteiger partial charge >= 0.3 is 0 Å². The molecular weight excluding hydrogens is 380 g/mol. The molecule has 29 heavy (non-hydrogen) atoms. The maximum atomic E-state index is 12.5. The third-order valence-electron chi connectivity index (χ3n) is 5.68. The predicted octanol–water partition coefficient (Wildman–Crippen LogP) is 5.44. The molecule has 4 aromatic rings. The number of fused-ring (bicyclic) bond motifs is 3. The Labute approximate surface area is 174 Å². The van der Waals surface area contributed by atoms with Crippen molar-refractivity contribution < 1.29 is 4.74 Å². The molecule has 0 saturated heterocycles. The number of nitrogens with one attached hydrogen (secondary N) is 2. The Morgan fingerprint density at radius 1 is 1.21 bits per heavy atom. The van der Waals surface area contributed by atoms with Crippen LogP contribution in [0.4, 0.5) is 0 Å². The molecule has 0 bridgehead atoms. The second-order valence-corrected chi connectivity index (χ2v) is 8.47. The van der Waals surface area contributed by atoms with E-state index < -0.39 is 0 Å². The first-order valence-corrected chi connectivity index (χ1v) is 10.8. The van der Waals surface area contributed by atoms with E-state index in [1.807, 2.05) is 31.5 Å². The Hall–Kier alpha value is -2.63. The molecule has 0 saturated carbocycles. The SMILES string of the molecule is CNCC[C@@H](C)c1ccc(-c2c(OC)cc(C)c3[nH]c(=O)c4sccc4c23)cc1. The Morgan fingerprint density at radius 3 is 2.66 bits per heavy atom. The molecule has 2 aromatic heterocycles. The highest BCUT2D eigenvalue weighted by Crippen LogP contribution is 2.42. The molecule has 2 aromatic carbocycles. The second-order valence-electron chi connectivity index (χ2n) is 7.55. The first-order valence-electron chi connectivity index (χ1n) is 9.90. The van der Waals surface area contributed by atoms with Crippen LogP contribution in [0.3, 0.4) is 0 Å². The lowest BCUT2D eigenvalue weighted by Gasteiger charge is -2.17. The molecule has 0 aliphatic carbocycles. The number of methoxy groups -OCH3 is 1. The lowest BCUT2D eigenvalue weighted by Crippen LogP contribution is -2.10. The summed E-state index contributed by atoms with van der Waals surface area (Å²) in [6, 6.07) is 12.8. The van der Waals surface area contributed by atoms with Crippen LogP contribution < -0.4 is 15.6 Å². The number of pyridine rings is 1. The van der Waals surface area contributed by atoms with Gasteiger partial charge < -0.3 is 15.0 Å². The zero-order valence-electron chi connectivity index (χ0n) is 17.3. The molecule has 2 N–H and O–H groups in total. The van der Waals surface area contributed by atoms with Crippen molar-refractivity contribution in [2.24, 2.45) is 0 Å². The van der Waals surface area contributed by atoms with Crippen molar-refractivity contribution in [1.82, 2.24) is 10.3 Å². The molecule has 0 aliphatic rings. The monoisotopic (exact) mass is 406 g/mol. The van der Waals surface area contributed by atoms with Crippen LogP contribution in [0.2, 0.25) is 0 Å². The molecule has 150 valence electrons. The maximum Gasteiger partial charge on any atom is 0.266 e. The maximum absolute atomic E-state index is 12.5. The summed E-state index contributed by atoms with van der Waals surface area (Å²) in [5.41, 5.74) is 5.30. The second kappa shape index (κ2) is 8.01. The average molecular weight is 407 g/mol. The number of ether oxygens (including phenoxy) is 1. The Bertz CT molecular complexity index is 1220. The van der Waals surface area contributed by atoms with Crippen molar-refractivity contribution in [3.05, 3.63) is 63.3 Å². The predicted molar refractivity (Wildman–Crippen MR) is 124 cm³/mol. The van der Waals surface area contributed by atoms with Gasteiger partial charge in [-0.2, -0.15) is 0 Å². The minimum Gasteiger partial charge on any atom is -0.496 e. The molecular formula is C24H26N2O2S. The van der Waals surface area contributed by atoms with Crippen LogP contribution >= 0.6 is 11.3 Å². The van der Waals surface area contributed by atoms with Gasteiger partial charge in [0, 0.05) is 16.3 Å². The van der Waals surface area contributed by atoms with Crippen molar-refractivity contribution >= 4 is 32.3 Å². The van der Waals surface area contributed by atoms with Gasteiger partial charge in [0.15, 0.2) is 0 Å². The Morgan fingerprint density at radius 2 is 1.97 bits per heavy atom. The summed E-state index contributed by atoms with van der Waals surface area (Å²) in [6.45, 7) is 5.27. The summed E-state index contributed by atoms with van der Waals surface area (Å²) < 4.78 is 6.53. The molecule has 5 heteroatoms. The molecule has 0 amide bonds. The van der Waals surface area contributed by atoms with E-state index in [0.717, 1.165) is 56.4 Å². The first-order chi connectivity index (χ1) is 14.0. The number of aromatic nitrogens is 1. The van der Waals surface area contributed by atoms with E-state index >= 15 is 0 Å². The van der Waals surface area contributed by atoms with E-state index in [9.17, 15) is 4.79 Å². The largest absolute Gasteiger partial charge is 0.496 e. The van der Waals surface area contributed by atoms with Gasteiger partial charge in [-0.1, -0.05) is 31.2 Å². The van der Waals surface area contributed by atoms with E-state index in [-0.39, 0.29) is 5.56 Å². The number of thiophene rings is 1. The van der Waals surface area contributed by atoms with Gasteiger partial charge in [0.05, 0.1) is 12.6 Å². The van der Waals surface area contributed by atoms with Gasteiger partial charge in [0.25, 0.3) is 5.56 Å². The van der Waals surface area contributed by atoms with Crippen molar-refractivity contribution in [1.29, 1.82) is 0 Å². The zero-order chi connectivity index (χ0) is 20.5. The minimum absolute atomic E-state index is 0.0320. The molecule has 0 spiro atoms. The van der Waals surface area contributed by atoms with Crippen molar-refractivity contribution in [2.45, 2.75) is 26.2 Å². The lowest BCUT2D eigenvalue weighted by atomic mass is 9.92. The zero-order valence-corrected chi connectivity index (χ0v) is 18.1. The van der Waals surface area contributed by atoms with Crippen molar-refractivity contribution in [3.63, 3.8) is 0 Å². The van der Waals surface area contributed by atoms with Gasteiger partial charge in [0.1, 0.15) is 10.4 Å². The van der Waals surface area contributed by atoms with E-state index in [0.29, 0.717) is 5.92 Å². The Balaban J connectivity index is 1.94. The highest BCUT2D eigenvalue weighted by molar-refractivity contribution is 7.17. The fraction of sp³-hybridized carbons (Fsp3) is 0.292. The topological polar surface area (TPSA) is 54.1 Å². The quantitative estimate of drug-likeness (QED) is 0.448. The van der Waals surface area contributed by atoms with E-state index in [2.05, 4.69) is 41.5 Å². The van der Waals surface area contributed by atoms with Crippen molar-refractivity contribution in [2.75, 3.05) is 20.7 Å². The van der Waals surface area contributed by atoms with Gasteiger partial charge in [-0.15, -0.1) is 11.3 Å². The number of hydrogen-bond donors (Lipinski definition) is 2. The third-order valence-corrected chi connectivity index (χ3v) is 6.60. The van der Waals surface area contributed by atoms with Crippen LogP contribution in [0, 0.1) is 6.92 Å². The average Bonchev–Trinajstić information content (AvgIpc) is 3.23. The highest BCUT2D eigenvalue weighted by Gasteiger charge is 2.18. The molecule has 0 unspecified atom stereocenters. The summed E-state index contributed by atoms with van der Waals surface area (Å²) in [6.07, 6.45) is 1.10. The first kappa shape index (κ1) is 19.7. The summed E-state index contributed by atoms with van der Waals surface area (Å²) >= 11 is 1.48. The van der Waals surface area contributed by atoms with Gasteiger partial charge in [-0.05, 0) is 67.1 Å². The minimum atomic E-state index is -0.0320. The fourth-order valence-corrected chi connectivity index (χ4v) is 4.82. The molecule has 0 radical (unpaired) electrons. The standard InChI is InChI=1S/C24H26N2O2S/c1-14(9-11-25-3)16-5-7-17(8-6-16)20-19(28-4)13-15(2)22-21(20)18-10-12-29-23(18)24(27)26-22/h5-8,10,12-14,25H,9,11H2,1-4H3,(H,26,27)/t14-/m1/s1. The van der Waals surface area contributed by atoms with Gasteiger partial charge in [-0.3, -0.25) is 4.79 Å². The molecule has 0 aliphatic heterocycles. The van der Waals surface area contributed by atoms with Crippen molar-refractivity contribution in [3.8, 4) is 16.9 Å². The third kappa shape index (κ3) is 3.45. The molecule has 4 nitrogen and oxygen atoms in total. The van der Waals surface area contributed by atoms with Crippen LogP contribution in [0.5, 0.6) is 5.75 Å². The number of aromatic amines is 1. The lowest BCUT2D eigenvalue weighted by molar-refractivity contribution is 0.416. The van der Waals surface area contributed by atoms with Crippen LogP contribution in [-0.2, 0) is 0 Å². The van der Waals surface area contributed by atoms with Crippen LogP contribution in [0.1, 0.15) is 30.4 Å². The summed E-state index contributed by atoms with van der Waals surface area (Å²) in [5, 5.41) is 7.23. The highest BCUT2D eigenvalue weighted by atomic mass is 32.1. The Kier molecular flexibility index (Phi) is 5.43. The van der Waals surface area contributed by atoms with Crippen LogP contribution in [0.25, 0.3) is 32.1 Å². The summed E-state index contributed by atoms with van der Waals surface area (Å²) in [4.78, 5) is 15.6. The number of hydrogen-bond acceptors (Lipinski definition) is 4. The van der Waals surface area contributed by atoms with E-state index in [1.54, 1.807) is 7.11 Å². The van der Waals surface area contributed by atoms with E-state index in [1.165, 1.54) is 16.9 Å². The van der Waals surface area contributed by atoms with Gasteiger partial charge in [-0.25, -0.2) is 0 Å². The van der Waals surface area contributed by atoms with Gasteiger partial charge in [0.2, 0.25) is 0 Å². The fourth-order valence-electron chi connectivity index (χ4n) is 4.02. The van der Waals surface area contributed by atoms with Crippen LogP contribution in [0.15, 0.2) is 46.6 Å². The molecule has 1 atom stereocenters. The number of H-pyrrole nitrogens is 1. The molecule has 0 fully saturated rings. The van der Waals surface area contributed by atoms with Crippen LogP contribution in [-0.4, -0.2) is 25.7 Å². The summed E-state index contributed by atoms with van der Waals surface area (Å²) in [7, 11) is 3.69. The molecule has 2 heterocycles. The normalized spacial score (nSPS) is 12.6. The molecule has 4 rings (SSSR count). The van der Waals surface area contributed by atoms with E-state index in [4.69, 9.17) is 4.74 Å². The number of aryl methyl sites for hydroxylation is 1.